The van der Waals surface area contributed by atoms with E-state index in [9.17, 15) is 4.79 Å². The molecule has 2 rings (SSSR count). The molecule has 1 aromatic carbocycles. The first kappa shape index (κ1) is 18.9. The molecule has 0 radical (unpaired) electrons. The highest BCUT2D eigenvalue weighted by Gasteiger charge is 2.19. The Kier molecular flexibility index (Phi) is 6.46. The largest absolute Gasteiger partial charge is 0.485 e. The lowest BCUT2D eigenvalue weighted by molar-refractivity contribution is -0.120. The van der Waals surface area contributed by atoms with Crippen LogP contribution in [0.25, 0.3) is 0 Å². The van der Waals surface area contributed by atoms with Crippen LogP contribution in [-0.4, -0.2) is 32.6 Å². The monoisotopic (exact) mass is 361 g/mol. The molecule has 0 aliphatic rings. The smallest absolute Gasteiger partial charge is 0.233 e. The number of carbonyl (C=O) groups excluding carboxylic acids is 1. The number of nitrogens with zero attached hydrogens (tertiary/aromatic N) is 3. The minimum absolute atomic E-state index is 0.110. The molecule has 1 atom stereocenters. The molecule has 25 heavy (non-hydrogen) atoms. The van der Waals surface area contributed by atoms with E-state index in [1.807, 2.05) is 32.0 Å². The molecular weight excluding hydrogens is 338 g/mol. The van der Waals surface area contributed by atoms with Crippen LogP contribution >= 0.6 is 11.8 Å². The molecule has 0 aliphatic carbocycles. The minimum atomic E-state index is -0.348. The topological polar surface area (TPSA) is 95.1 Å². The molecule has 0 aliphatic heterocycles. The van der Waals surface area contributed by atoms with E-state index in [1.54, 1.807) is 13.0 Å². The Labute approximate surface area is 151 Å². The third-order valence-corrected chi connectivity index (χ3v) is 4.55. The number of hydrogen-bond acceptors (Lipinski definition) is 6. The van der Waals surface area contributed by atoms with Gasteiger partial charge in [-0.3, -0.25) is 4.79 Å². The molecule has 1 heterocycles. The normalized spacial score (nSPS) is 11.8. The van der Waals surface area contributed by atoms with Gasteiger partial charge in [-0.2, -0.15) is 0 Å². The highest BCUT2D eigenvalue weighted by Crippen LogP contribution is 2.22. The molecule has 1 amide bonds. The Balaban J connectivity index is 1.98. The summed E-state index contributed by atoms with van der Waals surface area (Å²) in [7, 11) is 0. The van der Waals surface area contributed by atoms with Crippen molar-refractivity contribution in [2.45, 2.75) is 37.8 Å². The van der Waals surface area contributed by atoms with Crippen LogP contribution in [0.15, 0.2) is 36.0 Å². The molecule has 0 spiro atoms. The number of amides is 1. The van der Waals surface area contributed by atoms with Gasteiger partial charge in [-0.1, -0.05) is 35.5 Å². The molecule has 0 saturated heterocycles. The highest BCUT2D eigenvalue weighted by molar-refractivity contribution is 8.00. The molecule has 7 nitrogen and oxygen atoms in total. The zero-order chi connectivity index (χ0) is 18.4. The van der Waals surface area contributed by atoms with Gasteiger partial charge in [0.1, 0.15) is 12.4 Å². The van der Waals surface area contributed by atoms with Gasteiger partial charge in [0.2, 0.25) is 11.1 Å². The lowest BCUT2D eigenvalue weighted by atomic mass is 10.1. The zero-order valence-electron chi connectivity index (χ0n) is 14.7. The van der Waals surface area contributed by atoms with Gasteiger partial charge < -0.3 is 15.9 Å². The first-order chi connectivity index (χ1) is 11.9. The van der Waals surface area contributed by atoms with Crippen LogP contribution in [0.1, 0.15) is 23.9 Å². The van der Waals surface area contributed by atoms with Crippen LogP contribution in [0.5, 0.6) is 5.75 Å². The van der Waals surface area contributed by atoms with E-state index in [-0.39, 0.29) is 17.8 Å². The lowest BCUT2D eigenvalue weighted by Crippen LogP contribution is -2.31. The highest BCUT2D eigenvalue weighted by atomic mass is 32.2. The van der Waals surface area contributed by atoms with Crippen LogP contribution in [-0.2, 0) is 11.4 Å². The average molecular weight is 361 g/mol. The Morgan fingerprint density at radius 2 is 2.24 bits per heavy atom. The number of ether oxygens (including phenoxy) is 1. The van der Waals surface area contributed by atoms with E-state index in [4.69, 9.17) is 10.6 Å². The Hall–Kier alpha value is -2.48. The Morgan fingerprint density at radius 3 is 2.92 bits per heavy atom. The summed E-state index contributed by atoms with van der Waals surface area (Å²) in [6.45, 7) is 9.99. The van der Waals surface area contributed by atoms with E-state index in [1.165, 1.54) is 22.0 Å². The average Bonchev–Trinajstić information content (AvgIpc) is 2.92. The van der Waals surface area contributed by atoms with Crippen LogP contribution in [0.3, 0.4) is 0 Å². The fourth-order valence-corrected chi connectivity index (χ4v) is 2.93. The van der Waals surface area contributed by atoms with Crippen LogP contribution in [0, 0.1) is 13.8 Å². The second-order valence-electron chi connectivity index (χ2n) is 5.62. The molecule has 0 saturated carbocycles. The van der Waals surface area contributed by atoms with Crippen molar-refractivity contribution in [1.82, 2.24) is 20.2 Å². The van der Waals surface area contributed by atoms with Crippen molar-refractivity contribution < 1.29 is 9.53 Å². The minimum Gasteiger partial charge on any atom is -0.485 e. The summed E-state index contributed by atoms with van der Waals surface area (Å²) in [5, 5.41) is 10.9. The number of nitrogens with one attached hydrogen (secondary N) is 1. The van der Waals surface area contributed by atoms with Crippen molar-refractivity contribution in [3.63, 3.8) is 0 Å². The predicted molar refractivity (Wildman–Crippen MR) is 98.9 cm³/mol. The number of aromatic nitrogens is 3. The molecule has 0 fully saturated rings. The lowest BCUT2D eigenvalue weighted by Gasteiger charge is -2.11. The molecule has 0 bridgehead atoms. The summed E-state index contributed by atoms with van der Waals surface area (Å²) in [5.74, 6) is 7.18. The van der Waals surface area contributed by atoms with Crippen molar-refractivity contribution >= 4 is 17.7 Å². The van der Waals surface area contributed by atoms with E-state index in [0.29, 0.717) is 17.5 Å². The van der Waals surface area contributed by atoms with Crippen molar-refractivity contribution in [2.75, 3.05) is 12.4 Å². The van der Waals surface area contributed by atoms with Crippen molar-refractivity contribution in [3.8, 4) is 5.75 Å². The first-order valence-corrected chi connectivity index (χ1v) is 8.75. The summed E-state index contributed by atoms with van der Waals surface area (Å²) < 4.78 is 7.13. The van der Waals surface area contributed by atoms with Gasteiger partial charge >= 0.3 is 0 Å². The number of nitrogen functional groups attached to an aromatic ring is 1. The maximum atomic E-state index is 11.9. The first-order valence-electron chi connectivity index (χ1n) is 7.87. The second kappa shape index (κ2) is 8.57. The number of thioether (sulfide) groups is 1. The number of carbonyl (C=O) groups is 1. The van der Waals surface area contributed by atoms with Gasteiger partial charge in [0.15, 0.2) is 5.82 Å². The zero-order valence-corrected chi connectivity index (χ0v) is 15.5. The third-order valence-electron chi connectivity index (χ3n) is 3.49. The van der Waals surface area contributed by atoms with Gasteiger partial charge in [-0.25, -0.2) is 4.68 Å². The van der Waals surface area contributed by atoms with E-state index < -0.39 is 0 Å². The van der Waals surface area contributed by atoms with Gasteiger partial charge in [-0.15, -0.1) is 16.8 Å². The van der Waals surface area contributed by atoms with E-state index >= 15 is 0 Å². The van der Waals surface area contributed by atoms with Crippen molar-refractivity contribution in [2.24, 2.45) is 0 Å². The molecule has 1 aromatic heterocycles. The Bertz CT molecular complexity index is 759. The third kappa shape index (κ3) is 4.99. The number of nitrogens with two attached hydrogens (primary N) is 1. The SMILES string of the molecule is C=CCNC(=O)[C@@H](C)Sc1nnc(COc2ccc(C)cc2C)n1N. The standard InChI is InChI=1S/C17H23N5O2S/c1-5-8-19-16(23)13(4)25-17-21-20-15(22(17)18)10-24-14-7-6-11(2)9-12(14)3/h5-7,9,13H,1,8,10,18H2,2-4H3,(H,19,23)/t13-/m1/s1. The number of rotatable bonds is 8. The molecule has 134 valence electrons. The maximum absolute atomic E-state index is 11.9. The molecule has 3 N–H and O–H groups in total. The van der Waals surface area contributed by atoms with Crippen LogP contribution < -0.4 is 15.9 Å². The molecule has 0 unspecified atom stereocenters. The number of benzene rings is 1. The second-order valence-corrected chi connectivity index (χ2v) is 6.93. The molecule has 2 aromatic rings. The molecular formula is C17H23N5O2S. The fraction of sp³-hybridized carbons (Fsp3) is 0.353. The summed E-state index contributed by atoms with van der Waals surface area (Å²) in [4.78, 5) is 11.9. The van der Waals surface area contributed by atoms with Crippen LogP contribution in [0.4, 0.5) is 0 Å². The van der Waals surface area contributed by atoms with E-state index in [2.05, 4.69) is 22.1 Å². The summed E-state index contributed by atoms with van der Waals surface area (Å²) >= 11 is 1.24. The van der Waals surface area contributed by atoms with Crippen LogP contribution in [0.2, 0.25) is 0 Å². The quantitative estimate of drug-likeness (QED) is 0.424. The van der Waals surface area contributed by atoms with Gasteiger partial charge in [0.25, 0.3) is 0 Å². The fourth-order valence-electron chi connectivity index (χ4n) is 2.12. The maximum Gasteiger partial charge on any atom is 0.233 e. The van der Waals surface area contributed by atoms with Gasteiger partial charge in [0, 0.05) is 6.54 Å². The van der Waals surface area contributed by atoms with Gasteiger partial charge in [-0.05, 0) is 32.4 Å². The van der Waals surface area contributed by atoms with Crippen molar-refractivity contribution in [1.29, 1.82) is 0 Å². The van der Waals surface area contributed by atoms with E-state index in [0.717, 1.165) is 11.3 Å². The Morgan fingerprint density at radius 1 is 1.48 bits per heavy atom. The number of aryl methyl sites for hydroxylation is 2. The predicted octanol–water partition coefficient (Wildman–Crippen LogP) is 1.97. The summed E-state index contributed by atoms with van der Waals surface area (Å²) in [6, 6.07) is 5.96. The molecule has 8 heteroatoms. The summed E-state index contributed by atoms with van der Waals surface area (Å²) in [6.07, 6.45) is 1.63. The van der Waals surface area contributed by atoms with Crippen molar-refractivity contribution in [3.05, 3.63) is 47.8 Å². The van der Waals surface area contributed by atoms with Gasteiger partial charge in [0.05, 0.1) is 5.25 Å². The number of hydrogen-bond donors (Lipinski definition) is 2. The summed E-state index contributed by atoms with van der Waals surface area (Å²) in [5.41, 5.74) is 2.22.